The van der Waals surface area contributed by atoms with Crippen molar-refractivity contribution >= 4 is 21.9 Å². The molecule has 1 amide bonds. The number of hydrogen-bond acceptors (Lipinski definition) is 8. The lowest BCUT2D eigenvalue weighted by Crippen LogP contribution is -2.56. The Morgan fingerprint density at radius 3 is 2.36 bits per heavy atom. The summed E-state index contributed by atoms with van der Waals surface area (Å²) in [6.07, 6.45) is 4.09. The highest BCUT2D eigenvalue weighted by molar-refractivity contribution is 7.89. The highest BCUT2D eigenvalue weighted by Gasteiger charge is 2.33. The van der Waals surface area contributed by atoms with Crippen molar-refractivity contribution in [3.8, 4) is 11.5 Å². The molecule has 3 heterocycles. The second-order valence-electron chi connectivity index (χ2n) is 8.36. The Bertz CT molecular complexity index is 1070. The molecule has 1 aromatic heterocycles. The Hall–Kier alpha value is -2.92. The Kier molecular flexibility index (Phi) is 6.99. The van der Waals surface area contributed by atoms with E-state index in [1.165, 1.54) is 12.1 Å². The normalized spacial score (nSPS) is 17.5. The van der Waals surface area contributed by atoms with Crippen LogP contribution in [0.2, 0.25) is 0 Å². The minimum atomic E-state index is -3.95. The van der Waals surface area contributed by atoms with Gasteiger partial charge in [0, 0.05) is 51.1 Å². The van der Waals surface area contributed by atoms with Crippen LogP contribution < -0.4 is 19.1 Å². The first-order chi connectivity index (χ1) is 15.8. The second kappa shape index (κ2) is 9.92. The van der Waals surface area contributed by atoms with Crippen molar-refractivity contribution in [3.63, 3.8) is 0 Å². The summed E-state index contributed by atoms with van der Waals surface area (Å²) in [4.78, 5) is 25.5. The van der Waals surface area contributed by atoms with Gasteiger partial charge < -0.3 is 19.3 Å². The van der Waals surface area contributed by atoms with E-state index in [2.05, 4.69) is 14.7 Å². The largest absolute Gasteiger partial charge is 0.490 e. The van der Waals surface area contributed by atoms with E-state index >= 15 is 0 Å². The van der Waals surface area contributed by atoms with E-state index in [-0.39, 0.29) is 16.7 Å². The molecule has 0 saturated carbocycles. The molecular formula is C22H29N5O5S. The van der Waals surface area contributed by atoms with Gasteiger partial charge in [-0.2, -0.15) is 4.72 Å². The lowest BCUT2D eigenvalue weighted by atomic mass is 10.0. The van der Waals surface area contributed by atoms with E-state index in [0.29, 0.717) is 56.8 Å². The smallest absolute Gasteiger partial charge is 0.241 e. The summed E-state index contributed by atoms with van der Waals surface area (Å²) in [6.45, 7) is 6.71. The molecule has 0 radical (unpaired) electrons. The molecular weight excluding hydrogens is 446 g/mol. The zero-order chi connectivity index (χ0) is 23.4. The molecule has 10 nitrogen and oxygen atoms in total. The number of carbonyl (C=O) groups excluding carboxylic acids is 1. The Balaban J connectivity index is 1.45. The summed E-state index contributed by atoms with van der Waals surface area (Å²) in [5, 5.41) is 0. The monoisotopic (exact) mass is 475 g/mol. The number of rotatable bonds is 6. The molecule has 1 saturated heterocycles. The Morgan fingerprint density at radius 2 is 1.70 bits per heavy atom. The van der Waals surface area contributed by atoms with Gasteiger partial charge in [0.15, 0.2) is 11.5 Å². The summed E-state index contributed by atoms with van der Waals surface area (Å²) < 4.78 is 40.1. The van der Waals surface area contributed by atoms with Crippen molar-refractivity contribution in [3.05, 3.63) is 36.7 Å². The molecule has 2 aliphatic heterocycles. The maximum Gasteiger partial charge on any atom is 0.241 e. The van der Waals surface area contributed by atoms with E-state index in [1.807, 2.05) is 18.7 Å². The summed E-state index contributed by atoms with van der Waals surface area (Å²) in [5.74, 6) is 1.06. The first-order valence-corrected chi connectivity index (χ1v) is 12.6. The zero-order valence-electron chi connectivity index (χ0n) is 18.8. The molecule has 1 unspecified atom stereocenters. The van der Waals surface area contributed by atoms with Crippen LogP contribution in [0, 0.1) is 5.92 Å². The van der Waals surface area contributed by atoms with Gasteiger partial charge in [0.05, 0.1) is 18.1 Å². The van der Waals surface area contributed by atoms with Gasteiger partial charge in [-0.3, -0.25) is 4.79 Å². The number of ether oxygens (including phenoxy) is 2. The fourth-order valence-electron chi connectivity index (χ4n) is 3.80. The van der Waals surface area contributed by atoms with Crippen LogP contribution in [0.5, 0.6) is 11.5 Å². The highest BCUT2D eigenvalue weighted by Crippen LogP contribution is 2.32. The number of hydrogen-bond donors (Lipinski definition) is 1. The van der Waals surface area contributed by atoms with Gasteiger partial charge in [-0.1, -0.05) is 13.8 Å². The quantitative estimate of drug-likeness (QED) is 0.665. The van der Waals surface area contributed by atoms with Crippen molar-refractivity contribution in [1.82, 2.24) is 19.6 Å². The summed E-state index contributed by atoms with van der Waals surface area (Å²) >= 11 is 0. The topological polar surface area (TPSA) is 114 Å². The third-order valence-electron chi connectivity index (χ3n) is 5.67. The van der Waals surface area contributed by atoms with Crippen molar-refractivity contribution in [2.45, 2.75) is 31.2 Å². The SMILES string of the molecule is CC(C)C(NS(=O)(=O)c1ccc2c(c1)OCCCO2)C(=O)N1CCN(c2ncccn2)CC1. The number of fused-ring (bicyclic) bond motifs is 1. The first kappa shape index (κ1) is 23.2. The van der Waals surface area contributed by atoms with Crippen LogP contribution in [0.1, 0.15) is 20.3 Å². The maximum absolute atomic E-state index is 13.3. The van der Waals surface area contributed by atoms with E-state index in [1.54, 1.807) is 29.4 Å². The fourth-order valence-corrected chi connectivity index (χ4v) is 5.15. The van der Waals surface area contributed by atoms with E-state index < -0.39 is 16.1 Å². The van der Waals surface area contributed by atoms with Crippen LogP contribution in [0.3, 0.4) is 0 Å². The lowest BCUT2D eigenvalue weighted by molar-refractivity contribution is -0.134. The predicted molar refractivity (Wildman–Crippen MR) is 122 cm³/mol. The van der Waals surface area contributed by atoms with E-state index in [4.69, 9.17) is 9.47 Å². The van der Waals surface area contributed by atoms with Gasteiger partial charge in [-0.15, -0.1) is 0 Å². The van der Waals surface area contributed by atoms with Crippen LogP contribution in [0.25, 0.3) is 0 Å². The number of benzene rings is 1. The number of aromatic nitrogens is 2. The molecule has 33 heavy (non-hydrogen) atoms. The first-order valence-electron chi connectivity index (χ1n) is 11.1. The van der Waals surface area contributed by atoms with Gasteiger partial charge in [-0.05, 0) is 24.1 Å². The van der Waals surface area contributed by atoms with Crippen LogP contribution in [-0.2, 0) is 14.8 Å². The molecule has 1 atom stereocenters. The molecule has 11 heteroatoms. The standard InChI is InChI=1S/C22H29N5O5S/c1-16(2)20(21(28)26-9-11-27(12-10-26)22-23-7-3-8-24-22)25-33(29,30)17-5-6-18-19(15-17)32-14-4-13-31-18/h3,5-8,15-16,20,25H,4,9-14H2,1-2H3. The lowest BCUT2D eigenvalue weighted by Gasteiger charge is -2.37. The number of anilines is 1. The molecule has 1 fully saturated rings. The molecule has 2 aromatic rings. The van der Waals surface area contributed by atoms with Crippen molar-refractivity contribution < 1.29 is 22.7 Å². The van der Waals surface area contributed by atoms with Crippen LogP contribution in [-0.4, -0.2) is 74.6 Å². The van der Waals surface area contributed by atoms with Crippen LogP contribution in [0.15, 0.2) is 41.6 Å². The number of nitrogens with zero attached hydrogens (tertiary/aromatic N) is 4. The fraction of sp³-hybridized carbons (Fsp3) is 0.500. The van der Waals surface area contributed by atoms with Gasteiger partial charge in [0.25, 0.3) is 0 Å². The Morgan fingerprint density at radius 1 is 1.03 bits per heavy atom. The molecule has 0 bridgehead atoms. The average molecular weight is 476 g/mol. The molecule has 1 aromatic carbocycles. The maximum atomic E-state index is 13.3. The number of carbonyl (C=O) groups is 1. The van der Waals surface area contributed by atoms with Gasteiger partial charge in [-0.25, -0.2) is 18.4 Å². The van der Waals surface area contributed by atoms with Crippen molar-refractivity contribution in [2.24, 2.45) is 5.92 Å². The summed E-state index contributed by atoms with van der Waals surface area (Å²) in [7, 11) is -3.95. The van der Waals surface area contributed by atoms with Gasteiger partial charge >= 0.3 is 0 Å². The van der Waals surface area contributed by atoms with Crippen molar-refractivity contribution in [1.29, 1.82) is 0 Å². The molecule has 2 aliphatic rings. The third kappa shape index (κ3) is 5.36. The molecule has 0 spiro atoms. The van der Waals surface area contributed by atoms with Crippen LogP contribution >= 0.6 is 0 Å². The highest BCUT2D eigenvalue weighted by atomic mass is 32.2. The molecule has 4 rings (SSSR count). The van der Waals surface area contributed by atoms with Crippen LogP contribution in [0.4, 0.5) is 5.95 Å². The number of nitrogens with one attached hydrogen (secondary N) is 1. The zero-order valence-corrected chi connectivity index (χ0v) is 19.6. The predicted octanol–water partition coefficient (Wildman–Crippen LogP) is 1.29. The summed E-state index contributed by atoms with van der Waals surface area (Å²) in [5.41, 5.74) is 0. The molecule has 178 valence electrons. The van der Waals surface area contributed by atoms with Gasteiger partial charge in [0.2, 0.25) is 21.9 Å². The number of amides is 1. The van der Waals surface area contributed by atoms with Crippen molar-refractivity contribution in [2.75, 3.05) is 44.3 Å². The summed E-state index contributed by atoms with van der Waals surface area (Å²) in [6, 6.07) is 5.38. The second-order valence-corrected chi connectivity index (χ2v) is 10.1. The van der Waals surface area contributed by atoms with E-state index in [0.717, 1.165) is 6.42 Å². The minimum absolute atomic E-state index is 0.0382. The molecule has 0 aliphatic carbocycles. The van der Waals surface area contributed by atoms with E-state index in [9.17, 15) is 13.2 Å². The Labute approximate surface area is 194 Å². The van der Waals surface area contributed by atoms with Gasteiger partial charge in [0.1, 0.15) is 6.04 Å². The average Bonchev–Trinajstić information content (AvgIpc) is 3.08. The third-order valence-corrected chi connectivity index (χ3v) is 7.11. The molecule has 1 N–H and O–H groups in total. The minimum Gasteiger partial charge on any atom is -0.490 e. The number of piperazine rings is 1. The number of sulfonamides is 1.